The smallest absolute Gasteiger partial charge is 0.292 e. The highest BCUT2D eigenvalue weighted by atomic mass is 35.5. The van der Waals surface area contributed by atoms with Gasteiger partial charge in [-0.05, 0) is 38.0 Å². The molecule has 1 aromatic carbocycles. The first kappa shape index (κ1) is 20.7. The van der Waals surface area contributed by atoms with E-state index in [0.717, 1.165) is 0 Å². The van der Waals surface area contributed by atoms with E-state index in [9.17, 15) is 4.79 Å². The molecule has 0 aliphatic rings. The number of ether oxygens (including phenoxy) is 2. The van der Waals surface area contributed by atoms with E-state index in [1.165, 1.54) is 6.07 Å². The Labute approximate surface area is 153 Å². The molecule has 0 aliphatic heterocycles. The van der Waals surface area contributed by atoms with Crippen LogP contribution in [0.3, 0.4) is 0 Å². The second-order valence-corrected chi connectivity index (χ2v) is 6.36. The molecule has 7 heteroatoms. The maximum atomic E-state index is 12.4. The predicted molar refractivity (Wildman–Crippen MR) is 98.1 cm³/mol. The monoisotopic (exact) mass is 374 g/mol. The van der Waals surface area contributed by atoms with Gasteiger partial charge < -0.3 is 9.47 Å². The fourth-order valence-corrected chi connectivity index (χ4v) is 1.89. The molecule has 1 aromatic rings. The van der Waals surface area contributed by atoms with Crippen molar-refractivity contribution in [2.24, 2.45) is 10.9 Å². The van der Waals surface area contributed by atoms with Gasteiger partial charge in [-0.1, -0.05) is 37.0 Å². The summed E-state index contributed by atoms with van der Waals surface area (Å²) in [6, 6.07) is 4.84. The van der Waals surface area contributed by atoms with Gasteiger partial charge in [0.25, 0.3) is 11.9 Å². The highest BCUT2D eigenvalue weighted by Gasteiger charge is 2.14. The molecule has 1 amide bonds. The average Bonchev–Trinajstić information content (AvgIpc) is 2.53. The third-order valence-electron chi connectivity index (χ3n) is 3.36. The fourth-order valence-electron chi connectivity index (χ4n) is 1.59. The van der Waals surface area contributed by atoms with Crippen LogP contribution >= 0.6 is 23.2 Å². The van der Waals surface area contributed by atoms with Crippen molar-refractivity contribution in [1.82, 2.24) is 5.32 Å². The molecule has 0 bridgehead atoms. The van der Waals surface area contributed by atoms with Crippen LogP contribution in [0.4, 0.5) is 0 Å². The van der Waals surface area contributed by atoms with Crippen LogP contribution in [0.15, 0.2) is 23.2 Å². The zero-order valence-electron chi connectivity index (χ0n) is 14.4. The number of hydrogen-bond donors (Lipinski definition) is 1. The van der Waals surface area contributed by atoms with Crippen molar-refractivity contribution in [3.8, 4) is 0 Å². The minimum Gasteiger partial charge on any atom is -0.463 e. The summed E-state index contributed by atoms with van der Waals surface area (Å²) in [6.07, 6.45) is 0. The van der Waals surface area contributed by atoms with E-state index < -0.39 is 0 Å². The van der Waals surface area contributed by atoms with Gasteiger partial charge in [0.15, 0.2) is 0 Å². The van der Waals surface area contributed by atoms with E-state index in [0.29, 0.717) is 41.3 Å². The quantitative estimate of drug-likeness (QED) is 0.442. The highest BCUT2D eigenvalue weighted by molar-refractivity contribution is 6.42. The summed E-state index contributed by atoms with van der Waals surface area (Å²) in [4.78, 5) is 16.8. The molecule has 0 aromatic heterocycles. The molecule has 0 saturated carbocycles. The van der Waals surface area contributed by atoms with Crippen LogP contribution in [0.1, 0.15) is 38.1 Å². The number of carbonyl (C=O) groups is 1. The molecule has 1 rings (SSSR count). The van der Waals surface area contributed by atoms with Gasteiger partial charge in [-0.2, -0.15) is 0 Å². The summed E-state index contributed by atoms with van der Waals surface area (Å²) in [5.41, 5.74) is 0.378. The van der Waals surface area contributed by atoms with Crippen molar-refractivity contribution in [3.05, 3.63) is 33.8 Å². The van der Waals surface area contributed by atoms with Crippen LogP contribution in [0.5, 0.6) is 0 Å². The van der Waals surface area contributed by atoms with Crippen molar-refractivity contribution in [2.45, 2.75) is 33.7 Å². The maximum Gasteiger partial charge on any atom is 0.292 e. The van der Waals surface area contributed by atoms with E-state index in [1.54, 1.807) is 12.1 Å². The van der Waals surface area contributed by atoms with Gasteiger partial charge in [0, 0.05) is 12.2 Å². The van der Waals surface area contributed by atoms with E-state index >= 15 is 0 Å². The molecule has 0 unspecified atom stereocenters. The van der Waals surface area contributed by atoms with Gasteiger partial charge in [-0.15, -0.1) is 0 Å². The van der Waals surface area contributed by atoms with Crippen LogP contribution in [0, 0.1) is 5.92 Å². The SMILES string of the molecule is CCOCCOC(=N[C@@H](C)C(C)C)NC(=O)c1ccc(Cl)c(Cl)c1. The number of carbonyl (C=O) groups excluding carboxylic acids is 1. The average molecular weight is 375 g/mol. The Morgan fingerprint density at radius 1 is 1.21 bits per heavy atom. The van der Waals surface area contributed by atoms with Gasteiger partial charge in [-0.3, -0.25) is 10.1 Å². The minimum atomic E-state index is -0.361. The Morgan fingerprint density at radius 2 is 1.92 bits per heavy atom. The lowest BCUT2D eigenvalue weighted by Crippen LogP contribution is -2.34. The molecule has 0 spiro atoms. The number of rotatable bonds is 7. The molecule has 0 radical (unpaired) electrons. The Hall–Kier alpha value is -1.30. The maximum absolute atomic E-state index is 12.4. The molecule has 24 heavy (non-hydrogen) atoms. The topological polar surface area (TPSA) is 59.9 Å². The summed E-state index contributed by atoms with van der Waals surface area (Å²) < 4.78 is 10.8. The van der Waals surface area contributed by atoms with Crippen molar-refractivity contribution >= 4 is 35.1 Å². The third kappa shape index (κ3) is 7.07. The first-order valence-electron chi connectivity index (χ1n) is 7.89. The van der Waals surface area contributed by atoms with Crippen LogP contribution in [0.25, 0.3) is 0 Å². The lowest BCUT2D eigenvalue weighted by molar-refractivity contribution is 0.0920. The first-order chi connectivity index (χ1) is 11.3. The van der Waals surface area contributed by atoms with E-state index in [4.69, 9.17) is 32.7 Å². The number of benzene rings is 1. The number of nitrogens with one attached hydrogen (secondary N) is 1. The zero-order chi connectivity index (χ0) is 18.1. The summed E-state index contributed by atoms with van der Waals surface area (Å²) >= 11 is 11.8. The van der Waals surface area contributed by atoms with E-state index in [-0.39, 0.29) is 18.0 Å². The van der Waals surface area contributed by atoms with Crippen LogP contribution in [0.2, 0.25) is 10.0 Å². The van der Waals surface area contributed by atoms with Crippen molar-refractivity contribution in [2.75, 3.05) is 19.8 Å². The van der Waals surface area contributed by atoms with E-state index in [2.05, 4.69) is 10.3 Å². The third-order valence-corrected chi connectivity index (χ3v) is 4.10. The van der Waals surface area contributed by atoms with Crippen molar-refractivity contribution < 1.29 is 14.3 Å². The van der Waals surface area contributed by atoms with E-state index in [1.807, 2.05) is 27.7 Å². The number of nitrogens with zero attached hydrogens (tertiary/aromatic N) is 1. The molecule has 134 valence electrons. The van der Waals surface area contributed by atoms with Crippen molar-refractivity contribution in [1.29, 1.82) is 0 Å². The summed E-state index contributed by atoms with van der Waals surface area (Å²) in [5, 5.41) is 3.38. The number of aliphatic imine (C=N–C) groups is 1. The summed E-state index contributed by atoms with van der Waals surface area (Å²) in [6.45, 7) is 9.30. The number of halogens is 2. The minimum absolute atomic E-state index is 0.00111. The Kier molecular flexibility index (Phi) is 9.11. The largest absolute Gasteiger partial charge is 0.463 e. The van der Waals surface area contributed by atoms with Crippen LogP contribution < -0.4 is 5.32 Å². The number of hydrogen-bond acceptors (Lipinski definition) is 4. The molecule has 1 N–H and O–H groups in total. The summed E-state index contributed by atoms with van der Waals surface area (Å²) in [7, 11) is 0. The molecule has 0 heterocycles. The second-order valence-electron chi connectivity index (χ2n) is 5.55. The van der Waals surface area contributed by atoms with Gasteiger partial charge in [0.2, 0.25) is 0 Å². The molecular formula is C17H24Cl2N2O3. The molecular weight excluding hydrogens is 351 g/mol. The molecule has 0 aliphatic carbocycles. The van der Waals surface area contributed by atoms with Gasteiger partial charge in [-0.25, -0.2) is 4.99 Å². The molecule has 5 nitrogen and oxygen atoms in total. The van der Waals surface area contributed by atoms with Crippen LogP contribution in [-0.4, -0.2) is 37.8 Å². The Bertz CT molecular complexity index is 577. The normalized spacial score (nSPS) is 13.0. The summed E-state index contributed by atoms with van der Waals surface area (Å²) in [5.74, 6) is -0.0444. The number of amides is 1. The predicted octanol–water partition coefficient (Wildman–Crippen LogP) is 4.18. The highest BCUT2D eigenvalue weighted by Crippen LogP contribution is 2.22. The first-order valence-corrected chi connectivity index (χ1v) is 8.65. The zero-order valence-corrected chi connectivity index (χ0v) is 15.9. The lowest BCUT2D eigenvalue weighted by atomic mass is 10.1. The van der Waals surface area contributed by atoms with Crippen LogP contribution in [-0.2, 0) is 9.47 Å². The number of amidine groups is 1. The lowest BCUT2D eigenvalue weighted by Gasteiger charge is -2.15. The second kappa shape index (κ2) is 10.5. The van der Waals surface area contributed by atoms with Gasteiger partial charge in [0.1, 0.15) is 6.61 Å². The Balaban J connectivity index is 2.81. The Morgan fingerprint density at radius 3 is 2.50 bits per heavy atom. The standard InChI is InChI=1S/C17H24Cl2N2O3/c1-5-23-8-9-24-17(20-12(4)11(2)3)21-16(22)13-6-7-14(18)15(19)10-13/h6-7,10-12H,5,8-9H2,1-4H3,(H,20,21,22)/t12-/m0/s1. The van der Waals surface area contributed by atoms with Crippen molar-refractivity contribution in [3.63, 3.8) is 0 Å². The molecule has 1 atom stereocenters. The van der Waals surface area contributed by atoms with Gasteiger partial charge >= 0.3 is 0 Å². The fraction of sp³-hybridized carbons (Fsp3) is 0.529. The van der Waals surface area contributed by atoms with Gasteiger partial charge in [0.05, 0.1) is 22.7 Å². The molecule has 0 fully saturated rings. The molecule has 0 saturated heterocycles.